The van der Waals surface area contributed by atoms with E-state index in [0.717, 1.165) is 7.11 Å². The van der Waals surface area contributed by atoms with Crippen LogP contribution in [0.4, 0.5) is 14.5 Å². The Morgan fingerprint density at radius 3 is 2.67 bits per heavy atom. The van der Waals surface area contributed by atoms with Gasteiger partial charge in [-0.05, 0) is 6.07 Å². The smallest absolute Gasteiger partial charge is 0.358 e. The summed E-state index contributed by atoms with van der Waals surface area (Å²) in [6, 6.07) is 1.33. The molecule has 0 radical (unpaired) electrons. The van der Waals surface area contributed by atoms with Crippen molar-refractivity contribution in [1.29, 1.82) is 0 Å². The first kappa shape index (κ1) is 15.9. The Kier molecular flexibility index (Phi) is 4.65. The number of thiophene rings is 1. The summed E-state index contributed by atoms with van der Waals surface area (Å²) < 4.78 is 30.8. The number of esters is 1. The van der Waals surface area contributed by atoms with Crippen LogP contribution in [0.25, 0.3) is 10.6 Å². The van der Waals surface area contributed by atoms with Crippen molar-refractivity contribution in [3.63, 3.8) is 0 Å². The molecule has 0 unspecified atom stereocenters. The summed E-state index contributed by atoms with van der Waals surface area (Å²) in [5.41, 5.74) is 5.38. The van der Waals surface area contributed by atoms with Crippen LogP contribution in [-0.4, -0.2) is 18.1 Å². The summed E-state index contributed by atoms with van der Waals surface area (Å²) in [6.45, 7) is -1.05. The van der Waals surface area contributed by atoms with Gasteiger partial charge < -0.3 is 10.5 Å². The average Bonchev–Trinajstić information content (AvgIpc) is 2.75. The molecule has 0 aliphatic heterocycles. The normalized spacial score (nSPS) is 10.7. The minimum Gasteiger partial charge on any atom is -0.464 e. The maximum Gasteiger partial charge on any atom is 0.358 e. The van der Waals surface area contributed by atoms with Crippen molar-refractivity contribution in [2.75, 3.05) is 12.8 Å². The topological polar surface area (TPSA) is 65.2 Å². The summed E-state index contributed by atoms with van der Waals surface area (Å²) >= 11 is 12.4. The van der Waals surface area contributed by atoms with E-state index in [-0.39, 0.29) is 37.6 Å². The van der Waals surface area contributed by atoms with E-state index in [2.05, 4.69) is 9.72 Å². The third-order valence-electron chi connectivity index (χ3n) is 2.62. The fourth-order valence-electron chi connectivity index (χ4n) is 1.59. The van der Waals surface area contributed by atoms with Gasteiger partial charge in [-0.1, -0.05) is 23.2 Å². The molecule has 0 atom stereocenters. The number of rotatable bonds is 3. The summed E-state index contributed by atoms with van der Waals surface area (Å²) in [7, 11) is 1.15. The SMILES string of the molecule is COC(=O)c1nc(-c2sc(F)c(CF)c2Cl)cc(N)c1Cl. The number of hydrogen-bond donors (Lipinski definition) is 1. The van der Waals surface area contributed by atoms with E-state index in [1.54, 1.807) is 0 Å². The molecular formula is C12H8Cl2F2N2O2S. The second-order valence-corrected chi connectivity index (χ2v) is 5.61. The van der Waals surface area contributed by atoms with E-state index in [1.807, 2.05) is 0 Å². The molecule has 0 spiro atoms. The molecule has 0 saturated carbocycles. The highest BCUT2D eigenvalue weighted by Crippen LogP contribution is 2.40. The first-order valence-electron chi connectivity index (χ1n) is 5.48. The van der Waals surface area contributed by atoms with E-state index < -0.39 is 17.8 Å². The van der Waals surface area contributed by atoms with Crippen LogP contribution >= 0.6 is 34.5 Å². The molecule has 9 heteroatoms. The van der Waals surface area contributed by atoms with E-state index in [0.29, 0.717) is 11.3 Å². The molecule has 0 saturated heterocycles. The molecule has 4 nitrogen and oxygen atoms in total. The summed E-state index contributed by atoms with van der Waals surface area (Å²) in [5, 5.41) is -0.943. The molecule has 0 aliphatic carbocycles. The van der Waals surface area contributed by atoms with E-state index in [1.165, 1.54) is 6.07 Å². The number of alkyl halides is 1. The van der Waals surface area contributed by atoms with Crippen molar-refractivity contribution >= 4 is 46.2 Å². The molecule has 0 aliphatic rings. The molecule has 2 N–H and O–H groups in total. The van der Waals surface area contributed by atoms with Crippen LogP contribution in [-0.2, 0) is 11.4 Å². The van der Waals surface area contributed by atoms with Crippen LogP contribution in [0.15, 0.2) is 6.07 Å². The number of nitrogens with two attached hydrogens (primary N) is 1. The zero-order chi connectivity index (χ0) is 15.7. The van der Waals surface area contributed by atoms with Gasteiger partial charge in [0.25, 0.3) is 0 Å². The van der Waals surface area contributed by atoms with Gasteiger partial charge in [0.15, 0.2) is 10.8 Å². The minimum absolute atomic E-state index is 0.0498. The molecule has 0 bridgehead atoms. The Bertz CT molecular complexity index is 722. The average molecular weight is 353 g/mol. The number of nitrogens with zero attached hydrogens (tertiary/aromatic N) is 1. The molecule has 21 heavy (non-hydrogen) atoms. The van der Waals surface area contributed by atoms with E-state index in [9.17, 15) is 13.6 Å². The summed E-state index contributed by atoms with van der Waals surface area (Å²) in [4.78, 5) is 15.7. The Morgan fingerprint density at radius 2 is 2.14 bits per heavy atom. The van der Waals surface area contributed by atoms with Crippen molar-refractivity contribution in [2.45, 2.75) is 6.67 Å². The lowest BCUT2D eigenvalue weighted by atomic mass is 10.2. The highest BCUT2D eigenvalue weighted by Gasteiger charge is 2.23. The Balaban J connectivity index is 2.65. The molecule has 2 aromatic rings. The molecule has 112 valence electrons. The molecule has 2 heterocycles. The molecule has 0 aromatic carbocycles. The zero-order valence-corrected chi connectivity index (χ0v) is 12.9. The molecule has 2 rings (SSSR count). The highest BCUT2D eigenvalue weighted by molar-refractivity contribution is 7.14. The number of aromatic nitrogens is 1. The van der Waals surface area contributed by atoms with Gasteiger partial charge in [0.1, 0.15) is 6.67 Å². The van der Waals surface area contributed by atoms with Crippen LogP contribution in [0.5, 0.6) is 0 Å². The van der Waals surface area contributed by atoms with Crippen molar-refractivity contribution in [1.82, 2.24) is 4.98 Å². The lowest BCUT2D eigenvalue weighted by Gasteiger charge is -2.07. The number of anilines is 1. The van der Waals surface area contributed by atoms with Gasteiger partial charge in [-0.3, -0.25) is 0 Å². The van der Waals surface area contributed by atoms with Crippen molar-refractivity contribution in [3.8, 4) is 10.6 Å². The number of ether oxygens (including phenoxy) is 1. The predicted octanol–water partition coefficient (Wildman–Crippen LogP) is 4.09. The van der Waals surface area contributed by atoms with Crippen molar-refractivity contribution < 1.29 is 18.3 Å². The summed E-state index contributed by atoms with van der Waals surface area (Å²) in [5.74, 6) is -0.799. The third-order valence-corrected chi connectivity index (χ3v) is 4.59. The van der Waals surface area contributed by atoms with Gasteiger partial charge in [-0.15, -0.1) is 11.3 Å². The van der Waals surface area contributed by atoms with Crippen molar-refractivity contribution in [2.24, 2.45) is 0 Å². The van der Waals surface area contributed by atoms with Gasteiger partial charge in [0, 0.05) is 5.56 Å². The number of carbonyl (C=O) groups is 1. The quantitative estimate of drug-likeness (QED) is 0.844. The first-order chi connectivity index (χ1) is 9.90. The van der Waals surface area contributed by atoms with Crippen LogP contribution in [0.1, 0.15) is 16.1 Å². The minimum atomic E-state index is -1.05. The number of halogens is 4. The largest absolute Gasteiger partial charge is 0.464 e. The number of carbonyl (C=O) groups excluding carboxylic acids is 1. The number of hydrogen-bond acceptors (Lipinski definition) is 5. The third kappa shape index (κ3) is 2.81. The fraction of sp³-hybridized carbons (Fsp3) is 0.167. The van der Waals surface area contributed by atoms with Gasteiger partial charge in [0.2, 0.25) is 0 Å². The van der Waals surface area contributed by atoms with Crippen LogP contribution < -0.4 is 5.73 Å². The number of pyridine rings is 1. The van der Waals surface area contributed by atoms with E-state index >= 15 is 0 Å². The van der Waals surface area contributed by atoms with Gasteiger partial charge in [-0.25, -0.2) is 14.2 Å². The summed E-state index contributed by atoms with van der Waals surface area (Å²) in [6.07, 6.45) is 0. The van der Waals surface area contributed by atoms with E-state index in [4.69, 9.17) is 28.9 Å². The highest BCUT2D eigenvalue weighted by atomic mass is 35.5. The maximum absolute atomic E-state index is 13.6. The van der Waals surface area contributed by atoms with Gasteiger partial charge >= 0.3 is 5.97 Å². The number of nitrogen functional groups attached to an aromatic ring is 1. The fourth-order valence-corrected chi connectivity index (χ4v) is 3.05. The van der Waals surface area contributed by atoms with Gasteiger partial charge in [-0.2, -0.15) is 4.39 Å². The maximum atomic E-state index is 13.6. The lowest BCUT2D eigenvalue weighted by Crippen LogP contribution is -2.07. The second-order valence-electron chi connectivity index (χ2n) is 3.88. The van der Waals surface area contributed by atoms with Crippen molar-refractivity contribution in [3.05, 3.63) is 32.5 Å². The Morgan fingerprint density at radius 1 is 1.48 bits per heavy atom. The lowest BCUT2D eigenvalue weighted by molar-refractivity contribution is 0.0594. The van der Waals surface area contributed by atoms with Crippen LogP contribution in [0, 0.1) is 5.13 Å². The second kappa shape index (κ2) is 6.13. The molecule has 2 aromatic heterocycles. The number of methoxy groups -OCH3 is 1. The van der Waals surface area contributed by atoms with Gasteiger partial charge in [0.05, 0.1) is 33.4 Å². The molecule has 0 fully saturated rings. The first-order valence-corrected chi connectivity index (χ1v) is 7.05. The van der Waals surface area contributed by atoms with Crippen LogP contribution in [0.2, 0.25) is 10.0 Å². The molecular weight excluding hydrogens is 345 g/mol. The Hall–Kier alpha value is -1.44. The Labute approximate surface area is 132 Å². The molecule has 0 amide bonds. The van der Waals surface area contributed by atoms with Crippen LogP contribution in [0.3, 0.4) is 0 Å². The monoisotopic (exact) mass is 352 g/mol. The predicted molar refractivity (Wildman–Crippen MR) is 78.1 cm³/mol. The standard InChI is InChI=1S/C12H8Cl2F2N2O2S/c1-20-12(19)9-8(14)5(17)2-6(18-9)10-7(13)4(3-15)11(16)21-10/h2H,3H2,1H3,(H2,17,18). The zero-order valence-electron chi connectivity index (χ0n) is 10.5.